The Bertz CT molecular complexity index is 2130. The van der Waals surface area contributed by atoms with Crippen molar-refractivity contribution < 1.29 is 31.8 Å². The molecular formula is C36H33F5N6O2. The van der Waals surface area contributed by atoms with E-state index in [1.54, 1.807) is 4.90 Å². The fraction of sp³-hybridized carbons (Fsp3) is 0.472. The van der Waals surface area contributed by atoms with E-state index in [4.69, 9.17) is 21.1 Å². The van der Waals surface area contributed by atoms with Crippen LogP contribution in [-0.2, 0) is 6.42 Å². The number of aromatic hydroxyl groups is 1. The molecule has 7 heterocycles. The van der Waals surface area contributed by atoms with Gasteiger partial charge in [0.05, 0.1) is 34.8 Å². The van der Waals surface area contributed by atoms with Gasteiger partial charge in [0.15, 0.2) is 29.0 Å². The van der Waals surface area contributed by atoms with Gasteiger partial charge in [0.2, 0.25) is 0 Å². The number of terminal acetylenes is 1. The van der Waals surface area contributed by atoms with E-state index in [1.165, 1.54) is 12.1 Å². The zero-order chi connectivity index (χ0) is 34.0. The highest BCUT2D eigenvalue weighted by molar-refractivity contribution is 6.03. The first-order valence-electron chi connectivity index (χ1n) is 16.8. The average molecular weight is 677 g/mol. The second-order valence-electron chi connectivity index (χ2n) is 14.5. The van der Waals surface area contributed by atoms with Crippen LogP contribution in [0.25, 0.3) is 32.9 Å². The molecule has 9 rings (SSSR count). The maximum atomic E-state index is 17.2. The molecule has 4 aromatic rings. The van der Waals surface area contributed by atoms with Crippen LogP contribution in [0.1, 0.15) is 56.7 Å². The van der Waals surface area contributed by atoms with Crippen molar-refractivity contribution in [3.05, 3.63) is 46.9 Å². The molecule has 8 nitrogen and oxygen atoms in total. The lowest BCUT2D eigenvalue weighted by molar-refractivity contribution is -0.00286. The number of piperazine rings is 1. The van der Waals surface area contributed by atoms with Crippen LogP contribution >= 0.6 is 0 Å². The molecule has 2 aromatic heterocycles. The number of hydrogen-bond acceptors (Lipinski definition) is 8. The average Bonchev–Trinajstić information content (AvgIpc) is 3.69. The number of phenolic OH excluding ortho intramolecular Hbond substituents is 1. The molecule has 0 amide bonds. The number of hydrogen-bond donors (Lipinski definition) is 2. The largest absolute Gasteiger partial charge is 0.508 e. The number of pyridine rings is 1. The number of nitrogens with zero attached hydrogens (tertiary/aromatic N) is 5. The Morgan fingerprint density at radius 1 is 1.02 bits per heavy atom. The van der Waals surface area contributed by atoms with Crippen LogP contribution in [0.3, 0.4) is 0 Å². The molecule has 0 unspecified atom stereocenters. The van der Waals surface area contributed by atoms with Crippen LogP contribution in [0.2, 0.25) is 0 Å². The third-order valence-electron chi connectivity index (χ3n) is 11.5. The number of fused-ring (bicyclic) bond motifs is 7. The molecule has 4 atom stereocenters. The molecule has 0 aliphatic carbocycles. The zero-order valence-corrected chi connectivity index (χ0v) is 26.7. The van der Waals surface area contributed by atoms with Gasteiger partial charge in [-0.2, -0.15) is 9.97 Å². The van der Waals surface area contributed by atoms with E-state index < -0.39 is 46.6 Å². The third kappa shape index (κ3) is 4.39. The Labute approximate surface area is 278 Å². The quantitative estimate of drug-likeness (QED) is 0.154. The number of phenols is 1. The number of alkyl halides is 2. The maximum absolute atomic E-state index is 17.2. The van der Waals surface area contributed by atoms with Crippen molar-refractivity contribution in [3.8, 4) is 35.4 Å². The Morgan fingerprint density at radius 2 is 1.80 bits per heavy atom. The predicted molar refractivity (Wildman–Crippen MR) is 172 cm³/mol. The summed E-state index contributed by atoms with van der Waals surface area (Å²) < 4.78 is 85.7. The van der Waals surface area contributed by atoms with Crippen LogP contribution in [0.5, 0.6) is 11.8 Å². The minimum Gasteiger partial charge on any atom is -0.508 e. The Morgan fingerprint density at radius 3 is 2.55 bits per heavy atom. The van der Waals surface area contributed by atoms with Crippen molar-refractivity contribution in [2.24, 2.45) is 5.92 Å². The SMILES string of the molecule is C#Cc1c(F)c(F)cc2cc(O)cc(-c3nc4c5c(nc(OCC67CCCN6CCC7)nc5c3F)N3C[C@@]5(F)CC[C@](F)(N5)[C@@H]3[C@@H](C)C4)c12. The molecule has 13 heteroatoms. The van der Waals surface area contributed by atoms with E-state index in [0.717, 1.165) is 44.8 Å². The third-order valence-corrected chi connectivity index (χ3v) is 11.5. The van der Waals surface area contributed by atoms with E-state index in [2.05, 4.69) is 21.1 Å². The summed E-state index contributed by atoms with van der Waals surface area (Å²) in [6, 6.07) is 2.24. The van der Waals surface area contributed by atoms with Gasteiger partial charge in [0.25, 0.3) is 0 Å². The smallest absolute Gasteiger partial charge is 0.319 e. The fourth-order valence-electron chi connectivity index (χ4n) is 9.47. The van der Waals surface area contributed by atoms with Gasteiger partial charge in [0.1, 0.15) is 29.4 Å². The summed E-state index contributed by atoms with van der Waals surface area (Å²) in [7, 11) is 0. The first kappa shape index (κ1) is 30.8. The molecule has 0 radical (unpaired) electrons. The van der Waals surface area contributed by atoms with Crippen LogP contribution in [0.4, 0.5) is 27.8 Å². The molecule has 2 bridgehead atoms. The molecule has 2 aromatic carbocycles. The highest BCUT2D eigenvalue weighted by Crippen LogP contribution is 2.51. The Balaban J connectivity index is 1.29. The lowest BCUT2D eigenvalue weighted by Gasteiger charge is -2.48. The van der Waals surface area contributed by atoms with Crippen LogP contribution in [0, 0.1) is 35.7 Å². The first-order valence-corrected chi connectivity index (χ1v) is 16.8. The van der Waals surface area contributed by atoms with Gasteiger partial charge in [-0.05, 0) is 74.7 Å². The number of nitrogens with one attached hydrogen (secondary N) is 1. The minimum absolute atomic E-state index is 0.0211. The van der Waals surface area contributed by atoms with Crippen molar-refractivity contribution in [1.82, 2.24) is 25.2 Å². The number of ether oxygens (including phenoxy) is 1. The molecule has 254 valence electrons. The summed E-state index contributed by atoms with van der Waals surface area (Å²) in [5, 5.41) is 13.5. The fourth-order valence-corrected chi connectivity index (χ4v) is 9.47. The number of benzene rings is 2. The topological polar surface area (TPSA) is 86.6 Å². The Hall–Kier alpha value is -4.28. The van der Waals surface area contributed by atoms with Crippen LogP contribution < -0.4 is 15.0 Å². The number of anilines is 1. The monoisotopic (exact) mass is 676 g/mol. The van der Waals surface area contributed by atoms with Crippen molar-refractivity contribution >= 4 is 27.5 Å². The van der Waals surface area contributed by atoms with Crippen LogP contribution in [-0.4, -0.2) is 74.4 Å². The molecule has 0 spiro atoms. The van der Waals surface area contributed by atoms with Crippen LogP contribution in [0.15, 0.2) is 18.2 Å². The Kier molecular flexibility index (Phi) is 6.51. The summed E-state index contributed by atoms with van der Waals surface area (Å²) >= 11 is 0. The first-order chi connectivity index (χ1) is 23.4. The van der Waals surface area contributed by atoms with Gasteiger partial charge >= 0.3 is 6.01 Å². The number of aromatic nitrogens is 3. The summed E-state index contributed by atoms with van der Waals surface area (Å²) in [5.74, 6) is -6.12. The predicted octanol–water partition coefficient (Wildman–Crippen LogP) is 6.05. The van der Waals surface area contributed by atoms with Crippen molar-refractivity contribution in [3.63, 3.8) is 0 Å². The summed E-state index contributed by atoms with van der Waals surface area (Å²) in [6.07, 6.45) is 9.61. The van der Waals surface area contributed by atoms with Gasteiger partial charge < -0.3 is 14.7 Å². The molecule has 2 N–H and O–H groups in total. The summed E-state index contributed by atoms with van der Waals surface area (Å²) in [5.41, 5.74) is -0.940. The zero-order valence-electron chi connectivity index (χ0n) is 26.7. The van der Waals surface area contributed by atoms with E-state index in [-0.39, 0.29) is 88.5 Å². The van der Waals surface area contributed by atoms with Gasteiger partial charge in [-0.1, -0.05) is 12.8 Å². The molecule has 5 aliphatic heterocycles. The molecule has 4 fully saturated rings. The van der Waals surface area contributed by atoms with E-state index in [9.17, 15) is 9.50 Å². The van der Waals surface area contributed by atoms with Gasteiger partial charge in [-0.15, -0.1) is 6.42 Å². The van der Waals surface area contributed by atoms with Crippen molar-refractivity contribution in [1.29, 1.82) is 0 Å². The second kappa shape index (κ2) is 10.4. The van der Waals surface area contributed by atoms with Gasteiger partial charge in [-0.3, -0.25) is 4.90 Å². The highest BCUT2D eigenvalue weighted by atomic mass is 19.2. The number of halogens is 5. The molecule has 5 aliphatic rings. The summed E-state index contributed by atoms with van der Waals surface area (Å²) in [4.78, 5) is 18.0. The normalized spacial score (nSPS) is 28.5. The highest BCUT2D eigenvalue weighted by Gasteiger charge is 2.62. The molecular weight excluding hydrogens is 643 g/mol. The van der Waals surface area contributed by atoms with Crippen molar-refractivity contribution in [2.45, 2.75) is 75.0 Å². The summed E-state index contributed by atoms with van der Waals surface area (Å²) in [6.45, 7) is 3.77. The molecule has 0 saturated carbocycles. The lowest BCUT2D eigenvalue weighted by atomic mass is 9.87. The van der Waals surface area contributed by atoms with Crippen molar-refractivity contribution in [2.75, 3.05) is 31.1 Å². The van der Waals surface area contributed by atoms with E-state index >= 15 is 17.6 Å². The number of rotatable bonds is 4. The second-order valence-corrected chi connectivity index (χ2v) is 14.5. The van der Waals surface area contributed by atoms with Gasteiger partial charge in [0, 0.05) is 23.8 Å². The minimum atomic E-state index is -2.09. The molecule has 4 saturated heterocycles. The lowest BCUT2D eigenvalue weighted by Crippen LogP contribution is -2.69. The standard InChI is InChI=1S/C36H33F5N6O2/c1-3-21-25-19(14-23(37)27(21)38)13-20(48)15-22(25)29-28(39)30-26-24(42-29)12-18(2)31-36(41)9-8-35(40,45-36)16-47(31)32(26)44-33(43-30)49-17-34-6-4-10-46(34)11-5-7-34/h1,13-15,18,31,45,48H,4-12,16-17H2,2H3/t18-,31-,35+,36-/m0/s1. The van der Waals surface area contributed by atoms with E-state index in [1.807, 2.05) is 6.92 Å². The van der Waals surface area contributed by atoms with E-state index in [0.29, 0.717) is 5.69 Å². The molecule has 49 heavy (non-hydrogen) atoms. The van der Waals surface area contributed by atoms with Gasteiger partial charge in [-0.25, -0.2) is 32.3 Å². The maximum Gasteiger partial charge on any atom is 0.319 e.